The Labute approximate surface area is 215 Å². The number of hydrogen-bond acceptors (Lipinski definition) is 6. The largest absolute Gasteiger partial charge is 0.497 e. The molecule has 0 saturated carbocycles. The quantitative estimate of drug-likeness (QED) is 0.368. The predicted molar refractivity (Wildman–Crippen MR) is 136 cm³/mol. The van der Waals surface area contributed by atoms with Gasteiger partial charge in [-0.3, -0.25) is 4.79 Å². The average molecular weight is 533 g/mol. The number of hydrogen-bond donors (Lipinski definition) is 0. The van der Waals surface area contributed by atoms with Gasteiger partial charge in [-0.25, -0.2) is 12.8 Å². The molecule has 1 aromatic heterocycles. The fourth-order valence-corrected chi connectivity index (χ4v) is 6.18. The molecule has 7 nitrogen and oxygen atoms in total. The minimum Gasteiger partial charge on any atom is -0.497 e. The molecule has 10 heteroatoms. The molecule has 1 unspecified atom stereocenters. The number of methoxy groups -OCH3 is 1. The van der Waals surface area contributed by atoms with Crippen molar-refractivity contribution < 1.29 is 27.1 Å². The molecule has 192 valence electrons. The molecule has 0 spiro atoms. The third-order valence-electron chi connectivity index (χ3n) is 6.01. The summed E-state index contributed by atoms with van der Waals surface area (Å²) in [5, 5.41) is 1.92. The van der Waals surface area contributed by atoms with Gasteiger partial charge in [-0.1, -0.05) is 18.2 Å². The van der Waals surface area contributed by atoms with Crippen LogP contribution in [0.3, 0.4) is 0 Å². The summed E-state index contributed by atoms with van der Waals surface area (Å²) >= 11 is 1.51. The van der Waals surface area contributed by atoms with Gasteiger partial charge in [0.25, 0.3) is 0 Å². The number of halogens is 1. The Kier molecular flexibility index (Phi) is 8.73. The van der Waals surface area contributed by atoms with E-state index in [-0.39, 0.29) is 42.4 Å². The summed E-state index contributed by atoms with van der Waals surface area (Å²) in [7, 11) is -2.47. The Morgan fingerprint density at radius 3 is 2.47 bits per heavy atom. The van der Waals surface area contributed by atoms with Gasteiger partial charge in [-0.2, -0.15) is 4.31 Å². The average Bonchev–Trinajstić information content (AvgIpc) is 3.59. The first-order chi connectivity index (χ1) is 17.3. The van der Waals surface area contributed by atoms with E-state index in [0.717, 1.165) is 23.3 Å². The normalized spacial score (nSPS) is 15.8. The highest BCUT2D eigenvalue weighted by molar-refractivity contribution is 7.89. The molecule has 36 heavy (non-hydrogen) atoms. The topological polar surface area (TPSA) is 76.2 Å². The van der Waals surface area contributed by atoms with Crippen molar-refractivity contribution in [2.45, 2.75) is 36.9 Å². The van der Waals surface area contributed by atoms with Gasteiger partial charge in [-0.15, -0.1) is 11.3 Å². The summed E-state index contributed by atoms with van der Waals surface area (Å²) in [4.78, 5) is 16.2. The highest BCUT2D eigenvalue weighted by Crippen LogP contribution is 2.23. The molecule has 1 atom stereocenters. The van der Waals surface area contributed by atoms with Crippen LogP contribution in [0, 0.1) is 5.82 Å². The summed E-state index contributed by atoms with van der Waals surface area (Å²) in [6, 6.07) is 15.9. The van der Waals surface area contributed by atoms with E-state index in [2.05, 4.69) is 0 Å². The molecule has 2 heterocycles. The van der Waals surface area contributed by atoms with Crippen LogP contribution in [0.25, 0.3) is 0 Å². The van der Waals surface area contributed by atoms with Gasteiger partial charge in [0.2, 0.25) is 15.9 Å². The maximum absolute atomic E-state index is 13.6. The van der Waals surface area contributed by atoms with E-state index in [9.17, 15) is 17.6 Å². The molecule has 4 rings (SSSR count). The van der Waals surface area contributed by atoms with Crippen LogP contribution < -0.4 is 4.74 Å². The Morgan fingerprint density at radius 2 is 1.86 bits per heavy atom. The number of carbonyl (C=O) groups is 1. The monoisotopic (exact) mass is 532 g/mol. The summed E-state index contributed by atoms with van der Waals surface area (Å²) in [5.74, 6) is -0.164. The number of sulfonamides is 1. The lowest BCUT2D eigenvalue weighted by atomic mass is 10.2. The maximum atomic E-state index is 13.6. The van der Waals surface area contributed by atoms with Crippen LogP contribution in [0.4, 0.5) is 4.39 Å². The molecular weight excluding hydrogens is 503 g/mol. The van der Waals surface area contributed by atoms with Crippen LogP contribution in [0.2, 0.25) is 0 Å². The Bertz CT molecular complexity index is 1230. The number of ether oxygens (including phenoxy) is 2. The zero-order valence-corrected chi connectivity index (χ0v) is 21.6. The van der Waals surface area contributed by atoms with Gasteiger partial charge in [0, 0.05) is 24.6 Å². The van der Waals surface area contributed by atoms with Crippen LogP contribution in [0.15, 0.2) is 70.9 Å². The highest BCUT2D eigenvalue weighted by Gasteiger charge is 2.32. The number of thiophene rings is 1. The molecule has 0 radical (unpaired) electrons. The van der Waals surface area contributed by atoms with Crippen molar-refractivity contribution in [3.05, 3.63) is 82.3 Å². The minimum absolute atomic E-state index is 0.0810. The molecule has 1 amide bonds. The third kappa shape index (κ3) is 6.70. The fourth-order valence-electron chi connectivity index (χ4n) is 4.04. The van der Waals surface area contributed by atoms with E-state index in [1.165, 1.54) is 47.0 Å². The maximum Gasteiger partial charge on any atom is 0.243 e. The van der Waals surface area contributed by atoms with Gasteiger partial charge in [0.05, 0.1) is 31.2 Å². The number of rotatable bonds is 11. The molecule has 1 aliphatic heterocycles. The molecule has 0 bridgehead atoms. The van der Waals surface area contributed by atoms with Gasteiger partial charge in [0.15, 0.2) is 0 Å². The predicted octanol–water partition coefficient (Wildman–Crippen LogP) is 4.29. The van der Waals surface area contributed by atoms with E-state index in [4.69, 9.17) is 9.47 Å². The lowest BCUT2D eigenvalue weighted by molar-refractivity contribution is -0.132. The van der Waals surface area contributed by atoms with Crippen LogP contribution in [0.1, 0.15) is 23.3 Å². The van der Waals surface area contributed by atoms with Crippen molar-refractivity contribution in [2.75, 3.05) is 26.8 Å². The number of nitrogens with zero attached hydrogens (tertiary/aromatic N) is 2. The van der Waals surface area contributed by atoms with Crippen molar-refractivity contribution in [3.8, 4) is 5.75 Å². The van der Waals surface area contributed by atoms with E-state index in [0.29, 0.717) is 18.9 Å². The molecule has 3 aromatic rings. The lowest BCUT2D eigenvalue weighted by Crippen LogP contribution is -2.45. The highest BCUT2D eigenvalue weighted by atomic mass is 32.2. The number of amides is 1. The van der Waals surface area contributed by atoms with Crippen LogP contribution >= 0.6 is 11.3 Å². The standard InChI is InChI=1S/C26H29FN2O5S2/c1-33-22-10-12-25(13-11-22)36(31,32)29(17-23-4-2-14-34-23)19-26(30)28(18-24-5-3-15-35-24)16-20-6-8-21(27)9-7-20/h3,5-13,15,23H,2,4,14,16-19H2,1H3. The first-order valence-corrected chi connectivity index (χ1v) is 14.0. The summed E-state index contributed by atoms with van der Waals surface area (Å²) in [6.45, 7) is 0.881. The van der Waals surface area contributed by atoms with Gasteiger partial charge >= 0.3 is 0 Å². The Balaban J connectivity index is 1.59. The molecule has 0 aliphatic carbocycles. The van der Waals surface area contributed by atoms with E-state index in [1.807, 2.05) is 17.5 Å². The van der Waals surface area contributed by atoms with Gasteiger partial charge < -0.3 is 14.4 Å². The number of benzene rings is 2. The Hall–Kier alpha value is -2.79. The number of carbonyl (C=O) groups excluding carboxylic acids is 1. The summed E-state index contributed by atoms with van der Waals surface area (Å²) in [5.41, 5.74) is 0.755. The molecule has 1 aliphatic rings. The third-order valence-corrected chi connectivity index (χ3v) is 8.69. The van der Waals surface area contributed by atoms with Crippen molar-refractivity contribution in [1.82, 2.24) is 9.21 Å². The van der Waals surface area contributed by atoms with Crippen LogP contribution in [-0.2, 0) is 32.6 Å². The fraction of sp³-hybridized carbons (Fsp3) is 0.346. The zero-order chi connectivity index (χ0) is 25.5. The molecule has 1 fully saturated rings. The molecule has 0 N–H and O–H groups in total. The summed E-state index contributed by atoms with van der Waals surface area (Å²) in [6.07, 6.45) is 1.31. The second-order valence-electron chi connectivity index (χ2n) is 8.56. The second-order valence-corrected chi connectivity index (χ2v) is 11.5. The SMILES string of the molecule is COc1ccc(S(=O)(=O)N(CC(=O)N(Cc2ccc(F)cc2)Cc2cccs2)CC2CCCO2)cc1. The van der Waals surface area contributed by atoms with Crippen LogP contribution in [-0.4, -0.2) is 56.4 Å². The van der Waals surface area contributed by atoms with Crippen molar-refractivity contribution >= 4 is 27.3 Å². The van der Waals surface area contributed by atoms with Crippen molar-refractivity contribution in [2.24, 2.45) is 0 Å². The van der Waals surface area contributed by atoms with Gasteiger partial charge in [-0.05, 0) is 66.2 Å². The zero-order valence-electron chi connectivity index (χ0n) is 20.0. The second kappa shape index (κ2) is 12.0. The Morgan fingerprint density at radius 1 is 1.11 bits per heavy atom. The summed E-state index contributed by atoms with van der Waals surface area (Å²) < 4.78 is 52.7. The van der Waals surface area contributed by atoms with E-state index in [1.54, 1.807) is 29.2 Å². The van der Waals surface area contributed by atoms with Crippen molar-refractivity contribution in [3.63, 3.8) is 0 Å². The lowest BCUT2D eigenvalue weighted by Gasteiger charge is -2.28. The first-order valence-electron chi connectivity index (χ1n) is 11.7. The minimum atomic E-state index is -3.98. The smallest absolute Gasteiger partial charge is 0.243 e. The molecule has 2 aromatic carbocycles. The van der Waals surface area contributed by atoms with Crippen molar-refractivity contribution in [1.29, 1.82) is 0 Å². The van der Waals surface area contributed by atoms with E-state index < -0.39 is 10.0 Å². The molecular formula is C26H29FN2O5S2. The molecule has 1 saturated heterocycles. The van der Waals surface area contributed by atoms with Gasteiger partial charge in [0.1, 0.15) is 11.6 Å². The van der Waals surface area contributed by atoms with Crippen LogP contribution in [0.5, 0.6) is 5.75 Å². The first kappa shape index (κ1) is 26.3. The van der Waals surface area contributed by atoms with E-state index >= 15 is 0 Å².